The van der Waals surface area contributed by atoms with Crippen LogP contribution in [0.3, 0.4) is 0 Å². The lowest BCUT2D eigenvalue weighted by Crippen LogP contribution is -2.47. The molecule has 0 unspecified atom stereocenters. The maximum atomic E-state index is 5.33. The fourth-order valence-electron chi connectivity index (χ4n) is 3.03. The molecule has 2 aromatic rings. The molecule has 2 aromatic heterocycles. The summed E-state index contributed by atoms with van der Waals surface area (Å²) in [6, 6.07) is 3.92. The summed E-state index contributed by atoms with van der Waals surface area (Å²) < 4.78 is 5.33. The van der Waals surface area contributed by atoms with Gasteiger partial charge in [0.2, 0.25) is 0 Å². The second-order valence-electron chi connectivity index (χ2n) is 6.25. The Labute approximate surface area is 130 Å². The summed E-state index contributed by atoms with van der Waals surface area (Å²) in [5, 5.41) is 3.89. The van der Waals surface area contributed by atoms with Crippen LogP contribution in [0.1, 0.15) is 18.7 Å². The molecule has 0 spiro atoms. The minimum atomic E-state index is 0.556. The third kappa shape index (κ3) is 2.83. The van der Waals surface area contributed by atoms with Gasteiger partial charge in [-0.05, 0) is 37.8 Å². The quantitative estimate of drug-likeness (QED) is 0.860. The Bertz CT molecular complexity index is 643. The first kappa shape index (κ1) is 13.7. The molecule has 4 rings (SSSR count). The number of aryl methyl sites for hydroxylation is 1. The van der Waals surface area contributed by atoms with Crippen LogP contribution in [0.4, 0.5) is 5.82 Å². The number of pyridine rings is 1. The van der Waals surface area contributed by atoms with Crippen LogP contribution < -0.4 is 4.90 Å². The third-order valence-corrected chi connectivity index (χ3v) is 4.43. The molecule has 0 amide bonds. The number of aromatic nitrogens is 3. The highest BCUT2D eigenvalue weighted by Crippen LogP contribution is 2.31. The van der Waals surface area contributed by atoms with E-state index in [-0.39, 0.29) is 0 Å². The van der Waals surface area contributed by atoms with E-state index in [1.807, 2.05) is 25.3 Å². The molecule has 2 fully saturated rings. The molecule has 22 heavy (non-hydrogen) atoms. The molecule has 0 bridgehead atoms. The van der Waals surface area contributed by atoms with E-state index in [1.165, 1.54) is 19.4 Å². The zero-order chi connectivity index (χ0) is 14.9. The Morgan fingerprint density at radius 1 is 1.23 bits per heavy atom. The van der Waals surface area contributed by atoms with E-state index in [2.05, 4.69) is 24.9 Å². The normalized spacial score (nSPS) is 19.6. The molecule has 1 aliphatic carbocycles. The highest BCUT2D eigenvalue weighted by atomic mass is 16.5. The molecule has 0 N–H and O–H groups in total. The van der Waals surface area contributed by atoms with E-state index in [0.717, 1.165) is 43.5 Å². The van der Waals surface area contributed by atoms with Crippen molar-refractivity contribution in [2.75, 3.05) is 37.6 Å². The molecule has 116 valence electrons. The van der Waals surface area contributed by atoms with Crippen LogP contribution in [0.25, 0.3) is 11.5 Å². The number of rotatable bonds is 4. The molecule has 6 heteroatoms. The molecule has 0 atom stereocenters. The molecule has 1 saturated heterocycles. The van der Waals surface area contributed by atoms with E-state index < -0.39 is 0 Å². The van der Waals surface area contributed by atoms with E-state index in [4.69, 9.17) is 4.52 Å². The Balaban J connectivity index is 1.50. The van der Waals surface area contributed by atoms with Crippen LogP contribution in [0.15, 0.2) is 22.9 Å². The topological polar surface area (TPSA) is 58.3 Å². The van der Waals surface area contributed by atoms with Gasteiger partial charge in [0, 0.05) is 38.9 Å². The van der Waals surface area contributed by atoms with Crippen molar-refractivity contribution >= 4 is 5.82 Å². The fourth-order valence-corrected chi connectivity index (χ4v) is 3.03. The van der Waals surface area contributed by atoms with Crippen molar-refractivity contribution in [2.24, 2.45) is 5.92 Å². The number of hydrogen-bond acceptors (Lipinski definition) is 6. The zero-order valence-electron chi connectivity index (χ0n) is 12.9. The number of piperazine rings is 1. The summed E-state index contributed by atoms with van der Waals surface area (Å²) in [7, 11) is 0. The van der Waals surface area contributed by atoms with Gasteiger partial charge < -0.3 is 9.42 Å². The van der Waals surface area contributed by atoms with Crippen LogP contribution in [0, 0.1) is 12.8 Å². The Hall–Kier alpha value is -1.95. The number of nitrogens with zero attached hydrogens (tertiary/aromatic N) is 5. The van der Waals surface area contributed by atoms with Crippen molar-refractivity contribution in [1.29, 1.82) is 0 Å². The monoisotopic (exact) mass is 299 g/mol. The molecular weight excluding hydrogens is 278 g/mol. The minimum absolute atomic E-state index is 0.556. The minimum Gasteiger partial charge on any atom is -0.353 e. The van der Waals surface area contributed by atoms with Crippen molar-refractivity contribution in [3.8, 4) is 11.5 Å². The molecule has 0 radical (unpaired) electrons. The maximum Gasteiger partial charge on any atom is 0.261 e. The van der Waals surface area contributed by atoms with Crippen molar-refractivity contribution in [1.82, 2.24) is 20.0 Å². The summed E-state index contributed by atoms with van der Waals surface area (Å²) in [6.07, 6.45) is 4.67. The van der Waals surface area contributed by atoms with Crippen LogP contribution in [0.2, 0.25) is 0 Å². The van der Waals surface area contributed by atoms with Gasteiger partial charge in [0.15, 0.2) is 5.82 Å². The van der Waals surface area contributed by atoms with E-state index in [0.29, 0.717) is 11.7 Å². The Morgan fingerprint density at radius 3 is 2.73 bits per heavy atom. The van der Waals surface area contributed by atoms with Crippen LogP contribution in [0.5, 0.6) is 0 Å². The van der Waals surface area contributed by atoms with Gasteiger partial charge in [-0.2, -0.15) is 4.98 Å². The summed E-state index contributed by atoms with van der Waals surface area (Å²) in [6.45, 7) is 7.32. The molecule has 0 aromatic carbocycles. The molecular formula is C16H21N5O. The molecule has 6 nitrogen and oxygen atoms in total. The average Bonchev–Trinajstić information content (AvgIpc) is 3.26. The fraction of sp³-hybridized carbons (Fsp3) is 0.562. The first-order valence-corrected chi connectivity index (χ1v) is 8.02. The van der Waals surface area contributed by atoms with Gasteiger partial charge in [-0.1, -0.05) is 5.16 Å². The SMILES string of the molecule is Cc1noc(-c2cccnc2N2CCN(CC3CC3)CC2)n1. The highest BCUT2D eigenvalue weighted by Gasteiger charge is 2.27. The molecule has 1 aliphatic heterocycles. The third-order valence-electron chi connectivity index (χ3n) is 4.43. The van der Waals surface area contributed by atoms with Crippen molar-refractivity contribution in [3.63, 3.8) is 0 Å². The largest absolute Gasteiger partial charge is 0.353 e. The Kier molecular flexibility index (Phi) is 3.54. The first-order chi connectivity index (χ1) is 10.8. The first-order valence-electron chi connectivity index (χ1n) is 8.02. The molecule has 1 saturated carbocycles. The average molecular weight is 299 g/mol. The highest BCUT2D eigenvalue weighted by molar-refractivity contribution is 5.69. The van der Waals surface area contributed by atoms with E-state index >= 15 is 0 Å². The molecule has 3 heterocycles. The predicted octanol–water partition coefficient (Wildman–Crippen LogP) is 1.97. The predicted molar refractivity (Wildman–Crippen MR) is 83.6 cm³/mol. The summed E-state index contributed by atoms with van der Waals surface area (Å²) >= 11 is 0. The van der Waals surface area contributed by atoms with E-state index in [1.54, 1.807) is 0 Å². The van der Waals surface area contributed by atoms with Gasteiger partial charge in [0.1, 0.15) is 5.82 Å². The van der Waals surface area contributed by atoms with Gasteiger partial charge in [0.05, 0.1) is 5.56 Å². The lowest BCUT2D eigenvalue weighted by Gasteiger charge is -2.35. The number of hydrogen-bond donors (Lipinski definition) is 0. The van der Waals surface area contributed by atoms with Crippen LogP contribution in [-0.4, -0.2) is 52.7 Å². The summed E-state index contributed by atoms with van der Waals surface area (Å²) in [5.41, 5.74) is 0.929. The van der Waals surface area contributed by atoms with Crippen molar-refractivity contribution in [2.45, 2.75) is 19.8 Å². The summed E-state index contributed by atoms with van der Waals surface area (Å²) in [5.74, 6) is 3.12. The van der Waals surface area contributed by atoms with Crippen molar-refractivity contribution < 1.29 is 4.52 Å². The van der Waals surface area contributed by atoms with Gasteiger partial charge in [-0.25, -0.2) is 4.98 Å². The summed E-state index contributed by atoms with van der Waals surface area (Å²) in [4.78, 5) is 13.8. The lowest BCUT2D eigenvalue weighted by molar-refractivity contribution is 0.247. The van der Waals surface area contributed by atoms with E-state index in [9.17, 15) is 0 Å². The van der Waals surface area contributed by atoms with Gasteiger partial charge in [0.25, 0.3) is 5.89 Å². The Morgan fingerprint density at radius 2 is 2.05 bits per heavy atom. The zero-order valence-corrected chi connectivity index (χ0v) is 12.9. The van der Waals surface area contributed by atoms with Gasteiger partial charge in [-0.3, -0.25) is 4.90 Å². The van der Waals surface area contributed by atoms with Crippen LogP contribution in [-0.2, 0) is 0 Å². The standard InChI is InChI=1S/C16H21N5O/c1-12-18-16(22-19-12)14-3-2-6-17-15(14)21-9-7-20(8-10-21)11-13-4-5-13/h2-3,6,13H,4-5,7-11H2,1H3. The van der Waals surface area contributed by atoms with Crippen LogP contribution >= 0.6 is 0 Å². The van der Waals surface area contributed by atoms with Gasteiger partial charge in [-0.15, -0.1) is 0 Å². The number of anilines is 1. The lowest BCUT2D eigenvalue weighted by atomic mass is 10.2. The smallest absolute Gasteiger partial charge is 0.261 e. The second-order valence-corrected chi connectivity index (χ2v) is 6.25. The second kappa shape index (κ2) is 5.68. The van der Waals surface area contributed by atoms with Gasteiger partial charge >= 0.3 is 0 Å². The van der Waals surface area contributed by atoms with Crippen molar-refractivity contribution in [3.05, 3.63) is 24.2 Å². The molecule has 2 aliphatic rings. The maximum absolute atomic E-state index is 5.33.